The highest BCUT2D eigenvalue weighted by atomic mass is 16.2. The summed E-state index contributed by atoms with van der Waals surface area (Å²) in [5, 5.41) is 14.2. The van der Waals surface area contributed by atoms with Crippen LogP contribution < -0.4 is 11.2 Å². The van der Waals surface area contributed by atoms with Gasteiger partial charge in [0.2, 0.25) is 0 Å². The first-order valence-electron chi connectivity index (χ1n) is 11.3. The molecule has 6 aromatic rings. The quantitative estimate of drug-likeness (QED) is 0.394. The zero-order chi connectivity index (χ0) is 24.6. The van der Waals surface area contributed by atoms with E-state index in [-0.39, 0.29) is 0 Å². The van der Waals surface area contributed by atoms with E-state index in [9.17, 15) is 9.59 Å². The molecular formula is C26H20N8O2. The van der Waals surface area contributed by atoms with Crippen LogP contribution in [0.5, 0.6) is 0 Å². The number of nitrogens with zero attached hydrogens (tertiary/aromatic N) is 6. The molecule has 0 aliphatic carbocycles. The molecule has 0 fully saturated rings. The van der Waals surface area contributed by atoms with E-state index in [1.54, 1.807) is 12.1 Å². The summed E-state index contributed by atoms with van der Waals surface area (Å²) in [6, 6.07) is 25.1. The highest BCUT2D eigenvalue weighted by Crippen LogP contribution is 2.30. The lowest BCUT2D eigenvalue weighted by molar-refractivity contribution is 0.781. The van der Waals surface area contributed by atoms with Gasteiger partial charge in [-0.3, -0.25) is 9.78 Å². The Labute approximate surface area is 203 Å². The van der Waals surface area contributed by atoms with Crippen molar-refractivity contribution in [3.8, 4) is 28.2 Å². The fourth-order valence-electron chi connectivity index (χ4n) is 4.43. The van der Waals surface area contributed by atoms with Crippen LogP contribution >= 0.6 is 0 Å². The highest BCUT2D eigenvalue weighted by Gasteiger charge is 2.18. The predicted molar refractivity (Wildman–Crippen MR) is 135 cm³/mol. The molecule has 6 rings (SSSR count). The molecule has 2 N–H and O–H groups in total. The fourth-order valence-corrected chi connectivity index (χ4v) is 4.43. The highest BCUT2D eigenvalue weighted by molar-refractivity contribution is 5.80. The molecule has 36 heavy (non-hydrogen) atoms. The molecule has 3 heterocycles. The number of fused-ring (bicyclic) bond motifs is 1. The number of para-hydroxylation sites is 1. The largest absolute Gasteiger partial charge is 0.334 e. The second-order valence-electron chi connectivity index (χ2n) is 8.34. The first-order chi connectivity index (χ1) is 17.6. The Balaban J connectivity index is 1.40. The van der Waals surface area contributed by atoms with E-state index < -0.39 is 11.2 Å². The summed E-state index contributed by atoms with van der Waals surface area (Å²) in [6.07, 6.45) is 0. The van der Waals surface area contributed by atoms with Crippen molar-refractivity contribution in [2.75, 3.05) is 0 Å². The van der Waals surface area contributed by atoms with Gasteiger partial charge >= 0.3 is 5.69 Å². The minimum Gasteiger partial charge on any atom is -0.318 e. The van der Waals surface area contributed by atoms with Gasteiger partial charge in [-0.1, -0.05) is 66.7 Å². The van der Waals surface area contributed by atoms with Crippen molar-refractivity contribution in [1.82, 2.24) is 39.7 Å². The maximum Gasteiger partial charge on any atom is 0.334 e. The van der Waals surface area contributed by atoms with Crippen LogP contribution in [-0.4, -0.2) is 39.7 Å². The molecule has 3 aromatic heterocycles. The van der Waals surface area contributed by atoms with Crippen molar-refractivity contribution < 1.29 is 0 Å². The smallest absolute Gasteiger partial charge is 0.318 e. The Morgan fingerprint density at radius 2 is 1.58 bits per heavy atom. The van der Waals surface area contributed by atoms with Gasteiger partial charge in [-0.25, -0.2) is 19.4 Å². The molecule has 10 nitrogen and oxygen atoms in total. The number of aromatic nitrogens is 8. The predicted octanol–water partition coefficient (Wildman–Crippen LogP) is 3.08. The minimum atomic E-state index is -0.520. The molecule has 0 bridgehead atoms. The summed E-state index contributed by atoms with van der Waals surface area (Å²) >= 11 is 0. The molecule has 0 unspecified atom stereocenters. The average molecular weight is 477 g/mol. The van der Waals surface area contributed by atoms with Crippen molar-refractivity contribution in [3.63, 3.8) is 0 Å². The van der Waals surface area contributed by atoms with Crippen molar-refractivity contribution in [3.05, 3.63) is 111 Å². The zero-order valence-electron chi connectivity index (χ0n) is 19.2. The van der Waals surface area contributed by atoms with Crippen LogP contribution in [0.4, 0.5) is 0 Å². The number of aryl methyl sites for hydroxylation is 1. The third-order valence-electron chi connectivity index (χ3n) is 6.14. The maximum absolute atomic E-state index is 12.8. The van der Waals surface area contributed by atoms with Crippen LogP contribution in [0, 0.1) is 6.92 Å². The van der Waals surface area contributed by atoms with Crippen LogP contribution in [0.1, 0.15) is 11.4 Å². The molecular weight excluding hydrogens is 456 g/mol. The van der Waals surface area contributed by atoms with Crippen molar-refractivity contribution in [2.24, 2.45) is 0 Å². The van der Waals surface area contributed by atoms with E-state index >= 15 is 0 Å². The third kappa shape index (κ3) is 3.61. The second kappa shape index (κ2) is 8.58. The Morgan fingerprint density at radius 1 is 0.861 bits per heavy atom. The van der Waals surface area contributed by atoms with Crippen molar-refractivity contribution in [1.29, 1.82) is 0 Å². The fraction of sp³-hybridized carbons (Fsp3) is 0.0769. The summed E-state index contributed by atoms with van der Waals surface area (Å²) in [4.78, 5) is 32.5. The van der Waals surface area contributed by atoms with Crippen molar-refractivity contribution in [2.45, 2.75) is 13.5 Å². The summed E-state index contributed by atoms with van der Waals surface area (Å²) in [7, 11) is 0. The lowest BCUT2D eigenvalue weighted by Crippen LogP contribution is -2.30. The van der Waals surface area contributed by atoms with Crippen LogP contribution in [0.15, 0.2) is 88.5 Å². The van der Waals surface area contributed by atoms with E-state index in [0.717, 1.165) is 22.3 Å². The number of nitrogens with one attached hydrogen (secondary N) is 2. The molecule has 0 atom stereocenters. The molecule has 176 valence electrons. The van der Waals surface area contributed by atoms with E-state index in [1.165, 1.54) is 4.57 Å². The standard InChI is InChI=1S/C26H20N8O2/c1-16-27-24-22(25(35)28-26(36)34(24)19-7-3-2-4-8-19)33(16)15-17-11-13-18(14-12-17)20-9-5-6-10-21(20)23-29-31-32-30-23/h2-14H,15H2,1H3,(H,28,35,36)(H,29,30,31,32). The summed E-state index contributed by atoms with van der Waals surface area (Å²) in [5.74, 6) is 1.23. The van der Waals surface area contributed by atoms with Crippen molar-refractivity contribution >= 4 is 11.2 Å². The molecule has 0 radical (unpaired) electrons. The van der Waals surface area contributed by atoms with Gasteiger partial charge in [0.1, 0.15) is 5.82 Å². The summed E-state index contributed by atoms with van der Waals surface area (Å²) < 4.78 is 3.26. The Hall–Kier alpha value is -5.12. The van der Waals surface area contributed by atoms with Crippen LogP contribution in [0.3, 0.4) is 0 Å². The van der Waals surface area contributed by atoms with Gasteiger partial charge in [0.25, 0.3) is 5.56 Å². The Morgan fingerprint density at radius 3 is 2.31 bits per heavy atom. The second-order valence-corrected chi connectivity index (χ2v) is 8.34. The Kier molecular flexibility index (Phi) is 5.11. The number of rotatable bonds is 5. The van der Waals surface area contributed by atoms with E-state index in [4.69, 9.17) is 0 Å². The molecule has 0 spiro atoms. The van der Waals surface area contributed by atoms with Gasteiger partial charge < -0.3 is 4.57 Å². The number of tetrazole rings is 1. The number of H-pyrrole nitrogens is 2. The maximum atomic E-state index is 12.8. The number of hydrogen-bond acceptors (Lipinski definition) is 6. The molecule has 0 saturated heterocycles. The van der Waals surface area contributed by atoms with Gasteiger partial charge in [-0.05, 0) is 46.2 Å². The molecule has 0 aliphatic heterocycles. The van der Waals surface area contributed by atoms with Crippen LogP contribution in [0.2, 0.25) is 0 Å². The zero-order valence-corrected chi connectivity index (χ0v) is 19.2. The topological polar surface area (TPSA) is 127 Å². The lowest BCUT2D eigenvalue weighted by Gasteiger charge is -2.10. The van der Waals surface area contributed by atoms with Crippen LogP contribution in [0.25, 0.3) is 39.4 Å². The molecule has 0 aliphatic rings. The summed E-state index contributed by atoms with van der Waals surface area (Å²) in [6.45, 7) is 2.25. The number of hydrogen-bond donors (Lipinski definition) is 2. The first-order valence-corrected chi connectivity index (χ1v) is 11.3. The van der Waals surface area contributed by atoms with Gasteiger partial charge in [0.15, 0.2) is 17.0 Å². The van der Waals surface area contributed by atoms with Crippen LogP contribution in [-0.2, 0) is 6.54 Å². The third-order valence-corrected chi connectivity index (χ3v) is 6.14. The molecule has 0 amide bonds. The average Bonchev–Trinajstić information content (AvgIpc) is 3.54. The van der Waals surface area contributed by atoms with E-state index in [2.05, 4.69) is 30.6 Å². The number of imidazole rings is 1. The van der Waals surface area contributed by atoms with Gasteiger partial charge in [0, 0.05) is 12.1 Å². The molecule has 3 aromatic carbocycles. The SMILES string of the molecule is Cc1nc2c(c(=O)[nH]c(=O)n2-c2ccccc2)n1Cc1ccc(-c2ccccc2-c2nnn[nH]2)cc1. The summed E-state index contributed by atoms with van der Waals surface area (Å²) in [5.41, 5.74) is 4.22. The van der Waals surface area contributed by atoms with E-state index in [0.29, 0.717) is 35.0 Å². The number of aromatic amines is 2. The van der Waals surface area contributed by atoms with Gasteiger partial charge in [-0.15, -0.1) is 5.10 Å². The van der Waals surface area contributed by atoms with Gasteiger partial charge in [0.05, 0.1) is 5.69 Å². The monoisotopic (exact) mass is 476 g/mol. The molecule has 10 heteroatoms. The molecule has 0 saturated carbocycles. The Bertz CT molecular complexity index is 1800. The number of benzene rings is 3. The minimum absolute atomic E-state index is 0.332. The van der Waals surface area contributed by atoms with Gasteiger partial charge in [-0.2, -0.15) is 0 Å². The lowest BCUT2D eigenvalue weighted by atomic mass is 9.98. The first kappa shape index (κ1) is 21.4. The van der Waals surface area contributed by atoms with E-state index in [1.807, 2.05) is 78.2 Å². The normalized spacial score (nSPS) is 11.2.